The number of aryl methyl sites for hydroxylation is 1. The van der Waals surface area contributed by atoms with Crippen LogP contribution in [0.3, 0.4) is 0 Å². The summed E-state index contributed by atoms with van der Waals surface area (Å²) in [5.74, 6) is 0.952. The number of fused-ring (bicyclic) bond motifs is 1. The second kappa shape index (κ2) is 6.98. The zero-order valence-corrected chi connectivity index (χ0v) is 14.6. The standard InChI is InChI=1S/C22H27NO/c1-2-24-22-11-8-17(9-12-22)18-5-6-20-16-21(10-7-19(20)15-18)23-13-3-4-14-23/h5-6,8-9,11-12,15,21H,2-4,7,10,13-14,16H2,1H3. The fraction of sp³-hybridized carbons (Fsp3) is 0.455. The van der Waals surface area contributed by atoms with E-state index in [-0.39, 0.29) is 0 Å². The Bertz CT molecular complexity index is 686. The number of rotatable bonds is 4. The molecule has 1 aliphatic carbocycles. The maximum Gasteiger partial charge on any atom is 0.119 e. The summed E-state index contributed by atoms with van der Waals surface area (Å²) in [5, 5.41) is 0. The number of benzene rings is 2. The third-order valence-corrected chi connectivity index (χ3v) is 5.56. The minimum atomic E-state index is 0.719. The number of nitrogens with zero attached hydrogens (tertiary/aromatic N) is 1. The first-order chi connectivity index (χ1) is 11.8. The zero-order valence-electron chi connectivity index (χ0n) is 14.6. The van der Waals surface area contributed by atoms with Gasteiger partial charge in [-0.05, 0) is 86.5 Å². The van der Waals surface area contributed by atoms with Gasteiger partial charge in [0.05, 0.1) is 6.61 Å². The van der Waals surface area contributed by atoms with E-state index in [2.05, 4.69) is 47.4 Å². The summed E-state index contributed by atoms with van der Waals surface area (Å²) < 4.78 is 5.54. The summed E-state index contributed by atoms with van der Waals surface area (Å²) in [5.41, 5.74) is 5.73. The van der Waals surface area contributed by atoms with Crippen molar-refractivity contribution in [2.75, 3.05) is 19.7 Å². The highest BCUT2D eigenvalue weighted by atomic mass is 16.5. The van der Waals surface area contributed by atoms with Crippen molar-refractivity contribution in [2.24, 2.45) is 0 Å². The molecule has 0 radical (unpaired) electrons. The van der Waals surface area contributed by atoms with E-state index in [9.17, 15) is 0 Å². The Kier molecular flexibility index (Phi) is 4.57. The highest BCUT2D eigenvalue weighted by molar-refractivity contribution is 5.66. The van der Waals surface area contributed by atoms with E-state index in [1.807, 2.05) is 6.92 Å². The molecular formula is C22H27NO. The van der Waals surface area contributed by atoms with E-state index in [0.717, 1.165) is 18.4 Å². The quantitative estimate of drug-likeness (QED) is 0.809. The molecule has 2 aliphatic rings. The molecule has 2 nitrogen and oxygen atoms in total. The van der Waals surface area contributed by atoms with Gasteiger partial charge in [0, 0.05) is 6.04 Å². The Morgan fingerprint density at radius 2 is 1.71 bits per heavy atom. The fourth-order valence-corrected chi connectivity index (χ4v) is 4.24. The van der Waals surface area contributed by atoms with Crippen molar-refractivity contribution >= 4 is 0 Å². The zero-order chi connectivity index (χ0) is 16.4. The molecule has 0 amide bonds. The molecule has 2 heteroatoms. The van der Waals surface area contributed by atoms with Crippen LogP contribution in [0.15, 0.2) is 42.5 Å². The summed E-state index contributed by atoms with van der Waals surface area (Å²) in [6.07, 6.45) is 6.56. The first-order valence-corrected chi connectivity index (χ1v) is 9.42. The molecule has 24 heavy (non-hydrogen) atoms. The van der Waals surface area contributed by atoms with E-state index in [4.69, 9.17) is 4.74 Å². The Morgan fingerprint density at radius 3 is 2.46 bits per heavy atom. The van der Waals surface area contributed by atoms with Crippen LogP contribution in [0, 0.1) is 0 Å². The van der Waals surface area contributed by atoms with Crippen LogP contribution < -0.4 is 4.74 Å². The number of hydrogen-bond acceptors (Lipinski definition) is 2. The SMILES string of the molecule is CCOc1ccc(-c2ccc3c(c2)CCC(N2CCCC2)C3)cc1. The van der Waals surface area contributed by atoms with Gasteiger partial charge in [-0.1, -0.05) is 30.3 Å². The van der Waals surface area contributed by atoms with Crippen LogP contribution in [0.25, 0.3) is 11.1 Å². The molecule has 0 N–H and O–H groups in total. The lowest BCUT2D eigenvalue weighted by Gasteiger charge is -2.32. The molecular weight excluding hydrogens is 294 g/mol. The number of ether oxygens (including phenoxy) is 1. The smallest absolute Gasteiger partial charge is 0.119 e. The molecule has 0 saturated carbocycles. The van der Waals surface area contributed by atoms with Crippen LogP contribution in [0.4, 0.5) is 0 Å². The first kappa shape index (κ1) is 15.7. The van der Waals surface area contributed by atoms with Gasteiger partial charge < -0.3 is 9.64 Å². The summed E-state index contributed by atoms with van der Waals surface area (Å²) >= 11 is 0. The fourth-order valence-electron chi connectivity index (χ4n) is 4.24. The second-order valence-corrected chi connectivity index (χ2v) is 7.08. The van der Waals surface area contributed by atoms with Crippen LogP contribution in [0.5, 0.6) is 5.75 Å². The van der Waals surface area contributed by atoms with Crippen LogP contribution >= 0.6 is 0 Å². The van der Waals surface area contributed by atoms with E-state index in [0.29, 0.717) is 0 Å². The maximum absolute atomic E-state index is 5.54. The predicted octanol–water partition coefficient (Wildman–Crippen LogP) is 4.71. The molecule has 1 aliphatic heterocycles. The molecule has 1 saturated heterocycles. The van der Waals surface area contributed by atoms with Gasteiger partial charge in [0.25, 0.3) is 0 Å². The highest BCUT2D eigenvalue weighted by Crippen LogP contribution is 2.31. The van der Waals surface area contributed by atoms with Crippen molar-refractivity contribution in [3.8, 4) is 16.9 Å². The molecule has 4 rings (SSSR count). The molecule has 0 spiro atoms. The maximum atomic E-state index is 5.54. The van der Waals surface area contributed by atoms with Gasteiger partial charge in [-0.3, -0.25) is 0 Å². The van der Waals surface area contributed by atoms with E-state index in [1.54, 1.807) is 11.1 Å². The lowest BCUT2D eigenvalue weighted by Crippen LogP contribution is -2.37. The molecule has 2 aromatic carbocycles. The third-order valence-electron chi connectivity index (χ3n) is 5.56. The third kappa shape index (κ3) is 3.21. The summed E-state index contributed by atoms with van der Waals surface area (Å²) in [6.45, 7) is 5.36. The van der Waals surface area contributed by atoms with Gasteiger partial charge in [-0.15, -0.1) is 0 Å². The van der Waals surface area contributed by atoms with Crippen LogP contribution in [0.2, 0.25) is 0 Å². The van der Waals surface area contributed by atoms with Crippen molar-refractivity contribution in [2.45, 2.75) is 45.1 Å². The molecule has 0 aromatic heterocycles. The topological polar surface area (TPSA) is 12.5 Å². The van der Waals surface area contributed by atoms with E-state index < -0.39 is 0 Å². The second-order valence-electron chi connectivity index (χ2n) is 7.08. The van der Waals surface area contributed by atoms with Crippen molar-refractivity contribution in [1.29, 1.82) is 0 Å². The summed E-state index contributed by atoms with van der Waals surface area (Å²) in [6, 6.07) is 16.3. The molecule has 1 unspecified atom stereocenters. The van der Waals surface area contributed by atoms with Crippen molar-refractivity contribution in [1.82, 2.24) is 4.90 Å². The molecule has 1 atom stereocenters. The Hall–Kier alpha value is -1.80. The van der Waals surface area contributed by atoms with E-state index >= 15 is 0 Å². The minimum Gasteiger partial charge on any atom is -0.494 e. The molecule has 126 valence electrons. The molecule has 1 fully saturated rings. The number of likely N-dealkylation sites (tertiary alicyclic amines) is 1. The normalized spacial score (nSPS) is 20.8. The molecule has 0 bridgehead atoms. The van der Waals surface area contributed by atoms with Gasteiger partial charge in [-0.25, -0.2) is 0 Å². The lowest BCUT2D eigenvalue weighted by atomic mass is 9.85. The Labute approximate surface area is 145 Å². The van der Waals surface area contributed by atoms with Crippen LogP contribution in [-0.2, 0) is 12.8 Å². The average molecular weight is 321 g/mol. The average Bonchev–Trinajstić information content (AvgIpc) is 3.16. The minimum absolute atomic E-state index is 0.719. The van der Waals surface area contributed by atoms with Gasteiger partial charge in [-0.2, -0.15) is 0 Å². The van der Waals surface area contributed by atoms with Gasteiger partial charge in [0.1, 0.15) is 5.75 Å². The summed E-state index contributed by atoms with van der Waals surface area (Å²) in [4.78, 5) is 2.71. The van der Waals surface area contributed by atoms with Crippen molar-refractivity contribution in [3.63, 3.8) is 0 Å². The van der Waals surface area contributed by atoms with Gasteiger partial charge >= 0.3 is 0 Å². The molecule has 2 aromatic rings. The summed E-state index contributed by atoms with van der Waals surface area (Å²) in [7, 11) is 0. The van der Waals surface area contributed by atoms with Crippen molar-refractivity contribution < 1.29 is 4.74 Å². The Morgan fingerprint density at radius 1 is 0.958 bits per heavy atom. The molecule has 1 heterocycles. The largest absolute Gasteiger partial charge is 0.494 e. The first-order valence-electron chi connectivity index (χ1n) is 9.42. The monoisotopic (exact) mass is 321 g/mol. The predicted molar refractivity (Wildman–Crippen MR) is 99.7 cm³/mol. The van der Waals surface area contributed by atoms with Crippen molar-refractivity contribution in [3.05, 3.63) is 53.6 Å². The van der Waals surface area contributed by atoms with E-state index in [1.165, 1.54) is 56.3 Å². The van der Waals surface area contributed by atoms with Gasteiger partial charge in [0.15, 0.2) is 0 Å². The number of hydrogen-bond donors (Lipinski definition) is 0. The van der Waals surface area contributed by atoms with Crippen LogP contribution in [0.1, 0.15) is 37.3 Å². The van der Waals surface area contributed by atoms with Crippen LogP contribution in [-0.4, -0.2) is 30.6 Å². The Balaban J connectivity index is 1.51. The highest BCUT2D eigenvalue weighted by Gasteiger charge is 2.26. The van der Waals surface area contributed by atoms with Gasteiger partial charge in [0.2, 0.25) is 0 Å². The lowest BCUT2D eigenvalue weighted by molar-refractivity contribution is 0.222.